The zero-order valence-electron chi connectivity index (χ0n) is 16.4. The van der Waals surface area contributed by atoms with Crippen LogP contribution in [0.3, 0.4) is 0 Å². The molecule has 1 amide bonds. The molecule has 1 aliphatic rings. The van der Waals surface area contributed by atoms with Crippen LogP contribution in [0.2, 0.25) is 5.02 Å². The van der Waals surface area contributed by atoms with Gasteiger partial charge in [-0.2, -0.15) is 0 Å². The van der Waals surface area contributed by atoms with Crippen molar-refractivity contribution in [2.24, 2.45) is 0 Å². The minimum absolute atomic E-state index is 0.00908. The second-order valence-electron chi connectivity index (χ2n) is 7.38. The molecule has 0 atom stereocenters. The lowest BCUT2D eigenvalue weighted by molar-refractivity contribution is 0.0627. The Morgan fingerprint density at radius 1 is 1.00 bits per heavy atom. The standard InChI is InChI=1S/C23H21ClN4OS/c24-19-9-5-4-8-18(19)22(29)27-12-10-26(11-13-27)16-20-21(17-6-2-1-3-7-17)25-23-28(20)14-15-30-23/h1-9,14-15H,10-13,16H2. The van der Waals surface area contributed by atoms with E-state index < -0.39 is 0 Å². The van der Waals surface area contributed by atoms with Gasteiger partial charge in [-0.3, -0.25) is 14.1 Å². The minimum atomic E-state index is 0.00908. The molecule has 4 aromatic rings. The van der Waals surface area contributed by atoms with Gasteiger partial charge < -0.3 is 4.90 Å². The van der Waals surface area contributed by atoms with Crippen LogP contribution in [-0.4, -0.2) is 51.3 Å². The summed E-state index contributed by atoms with van der Waals surface area (Å²) in [4.78, 5) is 23.0. The lowest BCUT2D eigenvalue weighted by Gasteiger charge is -2.34. The lowest BCUT2D eigenvalue weighted by atomic mass is 10.1. The lowest BCUT2D eigenvalue weighted by Crippen LogP contribution is -2.48. The van der Waals surface area contributed by atoms with Crippen molar-refractivity contribution < 1.29 is 4.79 Å². The maximum Gasteiger partial charge on any atom is 0.255 e. The molecule has 0 spiro atoms. The van der Waals surface area contributed by atoms with E-state index in [0.717, 1.165) is 35.9 Å². The van der Waals surface area contributed by atoms with Gasteiger partial charge in [-0.1, -0.05) is 54.1 Å². The molecule has 7 heteroatoms. The van der Waals surface area contributed by atoms with E-state index in [9.17, 15) is 4.79 Å². The molecule has 5 nitrogen and oxygen atoms in total. The number of amides is 1. The number of thiazole rings is 1. The van der Waals surface area contributed by atoms with Crippen molar-refractivity contribution in [1.29, 1.82) is 0 Å². The number of rotatable bonds is 4. The summed E-state index contributed by atoms with van der Waals surface area (Å²) in [5, 5.41) is 2.58. The Balaban J connectivity index is 1.33. The average Bonchev–Trinajstić information content (AvgIpc) is 3.37. The molecule has 1 aliphatic heterocycles. The third kappa shape index (κ3) is 3.62. The van der Waals surface area contributed by atoms with Crippen LogP contribution in [-0.2, 0) is 6.54 Å². The fourth-order valence-electron chi connectivity index (χ4n) is 3.94. The van der Waals surface area contributed by atoms with Gasteiger partial charge in [0.15, 0.2) is 4.96 Å². The second kappa shape index (κ2) is 8.22. The van der Waals surface area contributed by atoms with Crippen LogP contribution in [0.4, 0.5) is 0 Å². The number of fused-ring (bicyclic) bond motifs is 1. The molecule has 1 fully saturated rings. The average molecular weight is 437 g/mol. The summed E-state index contributed by atoms with van der Waals surface area (Å²) in [5.74, 6) is 0.00908. The number of piperazine rings is 1. The fourth-order valence-corrected chi connectivity index (χ4v) is 4.89. The van der Waals surface area contributed by atoms with Crippen molar-refractivity contribution in [3.8, 4) is 11.3 Å². The SMILES string of the molecule is O=C(c1ccccc1Cl)N1CCN(Cc2c(-c3ccccc3)nc3sccn23)CC1. The maximum atomic E-state index is 12.8. The van der Waals surface area contributed by atoms with Gasteiger partial charge >= 0.3 is 0 Å². The topological polar surface area (TPSA) is 40.9 Å². The van der Waals surface area contributed by atoms with Crippen LogP contribution >= 0.6 is 22.9 Å². The molecule has 0 saturated carbocycles. The first-order valence-electron chi connectivity index (χ1n) is 9.97. The molecule has 1 saturated heterocycles. The second-order valence-corrected chi connectivity index (χ2v) is 8.66. The van der Waals surface area contributed by atoms with E-state index in [-0.39, 0.29) is 5.91 Å². The van der Waals surface area contributed by atoms with Crippen molar-refractivity contribution in [3.05, 3.63) is 82.5 Å². The van der Waals surface area contributed by atoms with E-state index in [4.69, 9.17) is 16.6 Å². The van der Waals surface area contributed by atoms with Gasteiger partial charge in [0.25, 0.3) is 5.91 Å². The van der Waals surface area contributed by atoms with Gasteiger partial charge in [-0.15, -0.1) is 11.3 Å². The normalized spacial score (nSPS) is 15.0. The zero-order valence-corrected chi connectivity index (χ0v) is 17.9. The monoisotopic (exact) mass is 436 g/mol. The largest absolute Gasteiger partial charge is 0.336 e. The quantitative estimate of drug-likeness (QED) is 0.466. The molecule has 0 aliphatic carbocycles. The highest BCUT2D eigenvalue weighted by Crippen LogP contribution is 2.28. The predicted octanol–water partition coefficient (Wildman–Crippen LogP) is 4.67. The van der Waals surface area contributed by atoms with Crippen molar-refractivity contribution in [1.82, 2.24) is 19.2 Å². The highest BCUT2D eigenvalue weighted by atomic mass is 35.5. The number of hydrogen-bond donors (Lipinski definition) is 0. The van der Waals surface area contributed by atoms with Crippen LogP contribution in [0.5, 0.6) is 0 Å². The molecular weight excluding hydrogens is 416 g/mol. The Hall–Kier alpha value is -2.67. The molecule has 0 radical (unpaired) electrons. The summed E-state index contributed by atoms with van der Waals surface area (Å²) < 4.78 is 2.19. The molecule has 5 rings (SSSR count). The van der Waals surface area contributed by atoms with E-state index in [2.05, 4.69) is 33.0 Å². The summed E-state index contributed by atoms with van der Waals surface area (Å²) >= 11 is 7.87. The number of hydrogen-bond acceptors (Lipinski definition) is 4. The molecule has 2 aromatic heterocycles. The number of aromatic nitrogens is 2. The summed E-state index contributed by atoms with van der Waals surface area (Å²) in [6, 6.07) is 17.6. The molecule has 0 bridgehead atoms. The van der Waals surface area contributed by atoms with Gasteiger partial charge in [0.05, 0.1) is 22.0 Å². The Labute approximate surface area is 184 Å². The van der Waals surface area contributed by atoms with Crippen LogP contribution in [0, 0.1) is 0 Å². The van der Waals surface area contributed by atoms with E-state index in [1.807, 2.05) is 35.2 Å². The van der Waals surface area contributed by atoms with Crippen molar-refractivity contribution in [2.75, 3.05) is 26.2 Å². The van der Waals surface area contributed by atoms with Gasteiger partial charge in [-0.05, 0) is 12.1 Å². The minimum Gasteiger partial charge on any atom is -0.336 e. The Morgan fingerprint density at radius 2 is 1.73 bits per heavy atom. The summed E-state index contributed by atoms with van der Waals surface area (Å²) in [6.45, 7) is 3.83. The Bertz CT molecular complexity index is 1180. The van der Waals surface area contributed by atoms with Crippen molar-refractivity contribution in [3.63, 3.8) is 0 Å². The number of imidazole rings is 1. The Morgan fingerprint density at radius 3 is 2.50 bits per heavy atom. The van der Waals surface area contributed by atoms with E-state index in [1.54, 1.807) is 23.5 Å². The first-order chi connectivity index (χ1) is 14.7. The maximum absolute atomic E-state index is 12.8. The predicted molar refractivity (Wildman–Crippen MR) is 121 cm³/mol. The fraction of sp³-hybridized carbons (Fsp3) is 0.217. The van der Waals surface area contributed by atoms with E-state index >= 15 is 0 Å². The molecule has 2 aromatic carbocycles. The first kappa shape index (κ1) is 19.3. The molecule has 0 N–H and O–H groups in total. The van der Waals surface area contributed by atoms with Gasteiger partial charge in [-0.25, -0.2) is 4.98 Å². The van der Waals surface area contributed by atoms with Crippen LogP contribution in [0.25, 0.3) is 16.2 Å². The molecule has 30 heavy (non-hydrogen) atoms. The summed E-state index contributed by atoms with van der Waals surface area (Å²) in [7, 11) is 0. The van der Waals surface area contributed by atoms with Crippen LogP contribution in [0.1, 0.15) is 16.1 Å². The number of nitrogens with zero attached hydrogens (tertiary/aromatic N) is 4. The highest BCUT2D eigenvalue weighted by molar-refractivity contribution is 7.15. The van der Waals surface area contributed by atoms with E-state index in [0.29, 0.717) is 23.7 Å². The first-order valence-corrected chi connectivity index (χ1v) is 11.2. The number of benzene rings is 2. The number of carbonyl (C=O) groups excluding carboxylic acids is 1. The molecule has 152 valence electrons. The van der Waals surface area contributed by atoms with Gasteiger partial charge in [0.1, 0.15) is 0 Å². The number of carbonyl (C=O) groups is 1. The van der Waals surface area contributed by atoms with Gasteiger partial charge in [0.2, 0.25) is 0 Å². The van der Waals surface area contributed by atoms with Crippen LogP contribution < -0.4 is 0 Å². The molecule has 0 unspecified atom stereocenters. The third-order valence-corrected chi connectivity index (χ3v) is 6.63. The van der Waals surface area contributed by atoms with Crippen molar-refractivity contribution in [2.45, 2.75) is 6.54 Å². The highest BCUT2D eigenvalue weighted by Gasteiger charge is 2.25. The summed E-state index contributed by atoms with van der Waals surface area (Å²) in [5.41, 5.74) is 3.95. The smallest absolute Gasteiger partial charge is 0.255 e. The van der Waals surface area contributed by atoms with Gasteiger partial charge in [0, 0.05) is 49.9 Å². The van der Waals surface area contributed by atoms with E-state index in [1.165, 1.54) is 5.69 Å². The Kier molecular flexibility index (Phi) is 5.29. The third-order valence-electron chi connectivity index (χ3n) is 5.55. The molecule has 3 heterocycles. The molecular formula is C23H21ClN4OS. The summed E-state index contributed by atoms with van der Waals surface area (Å²) in [6.07, 6.45) is 2.09. The van der Waals surface area contributed by atoms with Crippen molar-refractivity contribution >= 4 is 33.8 Å². The number of halogens is 1. The van der Waals surface area contributed by atoms with Crippen LogP contribution in [0.15, 0.2) is 66.2 Å². The zero-order chi connectivity index (χ0) is 20.5.